The Hall–Kier alpha value is -2.72. The minimum atomic E-state index is -3.14. The standard InChI is InChI=1S/C19H25FN4O4S/c1-2-6-15(13-17(20)18(25)22-21)14-24(16-7-4-3-5-8-16)19(26)23-9-11-29(27,28)12-10-23/h2-8,17H,1,9-14,21H2,(H,22,25)/b15-6+/t17-/m0/s1. The number of hydrogen-bond donors (Lipinski definition) is 2. The number of nitrogens with one attached hydrogen (secondary N) is 1. The number of halogens is 1. The predicted molar refractivity (Wildman–Crippen MR) is 110 cm³/mol. The maximum absolute atomic E-state index is 14.1. The van der Waals surface area contributed by atoms with E-state index in [1.54, 1.807) is 41.8 Å². The summed E-state index contributed by atoms with van der Waals surface area (Å²) in [7, 11) is -3.14. The van der Waals surface area contributed by atoms with Crippen molar-refractivity contribution in [2.24, 2.45) is 5.84 Å². The van der Waals surface area contributed by atoms with E-state index in [0.29, 0.717) is 11.3 Å². The van der Waals surface area contributed by atoms with Crippen molar-refractivity contribution in [3.63, 3.8) is 0 Å². The zero-order valence-corrected chi connectivity index (χ0v) is 16.8. The van der Waals surface area contributed by atoms with Crippen LogP contribution in [0, 0.1) is 0 Å². The summed E-state index contributed by atoms with van der Waals surface area (Å²) >= 11 is 0. The summed E-state index contributed by atoms with van der Waals surface area (Å²) in [5.74, 6) is 3.83. The lowest BCUT2D eigenvalue weighted by molar-refractivity contribution is -0.125. The van der Waals surface area contributed by atoms with Gasteiger partial charge in [0.2, 0.25) is 0 Å². The van der Waals surface area contributed by atoms with Crippen LogP contribution >= 0.6 is 0 Å². The number of nitrogens with two attached hydrogens (primary N) is 1. The van der Waals surface area contributed by atoms with Gasteiger partial charge in [0.15, 0.2) is 16.0 Å². The fourth-order valence-electron chi connectivity index (χ4n) is 2.92. The van der Waals surface area contributed by atoms with Crippen LogP contribution in [0.2, 0.25) is 0 Å². The summed E-state index contributed by atoms with van der Waals surface area (Å²) in [6, 6.07) is 8.37. The third kappa shape index (κ3) is 6.40. The Morgan fingerprint density at radius 2 is 1.90 bits per heavy atom. The summed E-state index contributed by atoms with van der Waals surface area (Å²) in [4.78, 5) is 27.5. The van der Waals surface area contributed by atoms with E-state index in [2.05, 4.69) is 6.58 Å². The SMILES string of the molecule is C=C/C=C(\C[C@H](F)C(=O)NN)CN(C(=O)N1CCS(=O)(=O)CC1)c1ccccc1. The van der Waals surface area contributed by atoms with Crippen molar-refractivity contribution in [1.82, 2.24) is 10.3 Å². The summed E-state index contributed by atoms with van der Waals surface area (Å²) in [6.07, 6.45) is 0.850. The minimum Gasteiger partial charge on any atom is -0.322 e. The van der Waals surface area contributed by atoms with Gasteiger partial charge in [0.05, 0.1) is 11.5 Å². The molecule has 1 aromatic rings. The van der Waals surface area contributed by atoms with E-state index >= 15 is 0 Å². The van der Waals surface area contributed by atoms with Crippen molar-refractivity contribution in [2.45, 2.75) is 12.6 Å². The second kappa shape index (κ2) is 10.2. The Morgan fingerprint density at radius 1 is 1.28 bits per heavy atom. The second-order valence-electron chi connectivity index (χ2n) is 6.58. The fourth-order valence-corrected chi connectivity index (χ4v) is 4.12. The molecule has 10 heteroatoms. The number of benzene rings is 1. The Kier molecular flexibility index (Phi) is 7.91. The molecule has 0 aliphatic carbocycles. The normalized spacial score (nSPS) is 17.3. The number of hydrazine groups is 1. The van der Waals surface area contributed by atoms with E-state index in [0.717, 1.165) is 0 Å². The summed E-state index contributed by atoms with van der Waals surface area (Å²) in [5.41, 5.74) is 2.79. The maximum Gasteiger partial charge on any atom is 0.324 e. The first kappa shape index (κ1) is 22.6. The van der Waals surface area contributed by atoms with Gasteiger partial charge in [0.1, 0.15) is 0 Å². The third-order valence-electron chi connectivity index (χ3n) is 4.50. The number of alkyl halides is 1. The largest absolute Gasteiger partial charge is 0.324 e. The summed E-state index contributed by atoms with van der Waals surface area (Å²) in [5, 5.41) is 0. The smallest absolute Gasteiger partial charge is 0.322 e. The van der Waals surface area contributed by atoms with Crippen LogP contribution in [0.3, 0.4) is 0 Å². The molecule has 158 valence electrons. The maximum atomic E-state index is 14.1. The van der Waals surface area contributed by atoms with Crippen LogP contribution in [-0.4, -0.2) is 62.6 Å². The molecule has 1 aliphatic rings. The first-order valence-corrected chi connectivity index (χ1v) is 10.9. The number of carbonyl (C=O) groups is 2. The Bertz CT molecular complexity index is 859. The molecule has 0 aromatic heterocycles. The molecule has 0 saturated carbocycles. The zero-order valence-electron chi connectivity index (χ0n) is 16.0. The number of amides is 3. The van der Waals surface area contributed by atoms with Gasteiger partial charge in [-0.05, 0) is 17.7 Å². The van der Waals surface area contributed by atoms with Crippen LogP contribution in [0.15, 0.2) is 54.6 Å². The highest BCUT2D eigenvalue weighted by atomic mass is 32.2. The van der Waals surface area contributed by atoms with Gasteiger partial charge in [-0.1, -0.05) is 36.9 Å². The second-order valence-corrected chi connectivity index (χ2v) is 8.89. The average molecular weight is 424 g/mol. The average Bonchev–Trinajstić information content (AvgIpc) is 2.71. The van der Waals surface area contributed by atoms with Gasteiger partial charge >= 0.3 is 6.03 Å². The number of urea groups is 1. The van der Waals surface area contributed by atoms with E-state index in [9.17, 15) is 22.4 Å². The van der Waals surface area contributed by atoms with Gasteiger partial charge in [0, 0.05) is 31.7 Å². The van der Waals surface area contributed by atoms with Crippen molar-refractivity contribution >= 4 is 27.5 Å². The molecule has 2 rings (SSSR count). The first-order valence-electron chi connectivity index (χ1n) is 9.04. The molecule has 1 fully saturated rings. The third-order valence-corrected chi connectivity index (χ3v) is 6.11. The van der Waals surface area contributed by atoms with Crippen LogP contribution in [0.25, 0.3) is 0 Å². The number of carbonyl (C=O) groups excluding carboxylic acids is 2. The van der Waals surface area contributed by atoms with Crippen LogP contribution in [0.4, 0.5) is 14.9 Å². The van der Waals surface area contributed by atoms with Crippen molar-refractivity contribution < 1.29 is 22.4 Å². The monoisotopic (exact) mass is 424 g/mol. The van der Waals surface area contributed by atoms with Crippen molar-refractivity contribution in [3.8, 4) is 0 Å². The van der Waals surface area contributed by atoms with Gasteiger partial charge in [-0.3, -0.25) is 15.1 Å². The van der Waals surface area contributed by atoms with E-state index < -0.39 is 21.9 Å². The number of rotatable bonds is 7. The molecule has 3 N–H and O–H groups in total. The topological polar surface area (TPSA) is 113 Å². The Labute approximate surface area is 169 Å². The number of para-hydroxylation sites is 1. The molecule has 0 spiro atoms. The first-order chi connectivity index (χ1) is 13.8. The van der Waals surface area contributed by atoms with Gasteiger partial charge in [0.25, 0.3) is 5.91 Å². The van der Waals surface area contributed by atoms with E-state index in [-0.39, 0.29) is 43.6 Å². The molecule has 0 bridgehead atoms. The molecule has 1 heterocycles. The Morgan fingerprint density at radius 3 is 2.45 bits per heavy atom. The fraction of sp³-hybridized carbons (Fsp3) is 0.368. The van der Waals surface area contributed by atoms with Crippen molar-refractivity contribution in [1.29, 1.82) is 0 Å². The summed E-state index contributed by atoms with van der Waals surface area (Å²) < 4.78 is 37.5. The molecular weight excluding hydrogens is 399 g/mol. The predicted octanol–water partition coefficient (Wildman–Crippen LogP) is 1.17. The van der Waals surface area contributed by atoms with Gasteiger partial charge < -0.3 is 4.90 Å². The van der Waals surface area contributed by atoms with Gasteiger partial charge in [-0.2, -0.15) is 0 Å². The molecule has 29 heavy (non-hydrogen) atoms. The van der Waals surface area contributed by atoms with Crippen LogP contribution in [-0.2, 0) is 14.6 Å². The highest BCUT2D eigenvalue weighted by Gasteiger charge is 2.30. The molecule has 0 radical (unpaired) electrons. The number of nitrogens with zero attached hydrogens (tertiary/aromatic N) is 2. The van der Waals surface area contributed by atoms with E-state index in [4.69, 9.17) is 5.84 Å². The van der Waals surface area contributed by atoms with Gasteiger partial charge in [-0.15, -0.1) is 0 Å². The molecule has 8 nitrogen and oxygen atoms in total. The molecule has 3 amide bonds. The van der Waals surface area contributed by atoms with Crippen molar-refractivity contribution in [2.75, 3.05) is 36.0 Å². The molecule has 1 saturated heterocycles. The highest BCUT2D eigenvalue weighted by Crippen LogP contribution is 2.21. The number of anilines is 1. The minimum absolute atomic E-state index is 0.0103. The zero-order chi connectivity index (χ0) is 21.4. The van der Waals surface area contributed by atoms with Crippen molar-refractivity contribution in [3.05, 3.63) is 54.6 Å². The van der Waals surface area contributed by atoms with E-state index in [1.165, 1.54) is 15.9 Å². The molecule has 1 atom stereocenters. The lowest BCUT2D eigenvalue weighted by Crippen LogP contribution is -2.50. The molecular formula is C19H25FN4O4S. The lowest BCUT2D eigenvalue weighted by atomic mass is 10.1. The number of sulfone groups is 1. The number of hydrogen-bond acceptors (Lipinski definition) is 5. The molecule has 1 aliphatic heterocycles. The molecule has 1 aromatic carbocycles. The lowest BCUT2D eigenvalue weighted by Gasteiger charge is -2.33. The Balaban J connectivity index is 2.25. The molecule has 0 unspecified atom stereocenters. The highest BCUT2D eigenvalue weighted by molar-refractivity contribution is 7.91. The summed E-state index contributed by atoms with van der Waals surface area (Å²) in [6.45, 7) is 3.79. The quantitative estimate of drug-likeness (QED) is 0.295. The van der Waals surface area contributed by atoms with Crippen LogP contribution < -0.4 is 16.2 Å². The van der Waals surface area contributed by atoms with Gasteiger partial charge in [-0.25, -0.2) is 23.4 Å². The van der Waals surface area contributed by atoms with Crippen LogP contribution in [0.1, 0.15) is 6.42 Å². The van der Waals surface area contributed by atoms with Crippen LogP contribution in [0.5, 0.6) is 0 Å². The van der Waals surface area contributed by atoms with E-state index in [1.807, 2.05) is 0 Å². The number of allylic oxidation sites excluding steroid dienone is 2.